The van der Waals surface area contributed by atoms with Crippen LogP contribution in [0.25, 0.3) is 11.0 Å². The van der Waals surface area contributed by atoms with Crippen molar-refractivity contribution in [2.75, 3.05) is 50.2 Å². The van der Waals surface area contributed by atoms with Crippen molar-refractivity contribution < 1.29 is 9.47 Å². The van der Waals surface area contributed by atoms with Gasteiger partial charge in [-0.1, -0.05) is 29.5 Å². The van der Waals surface area contributed by atoms with Gasteiger partial charge in [-0.05, 0) is 54.7 Å². The second-order valence-corrected chi connectivity index (χ2v) is 11.4. The molecule has 13 nitrogen and oxygen atoms in total. The first kappa shape index (κ1) is 30.6. The molecule has 45 heavy (non-hydrogen) atoms. The lowest BCUT2D eigenvalue weighted by molar-refractivity contribution is 0.0466. The first-order chi connectivity index (χ1) is 22.0. The van der Waals surface area contributed by atoms with Crippen molar-refractivity contribution in [3.63, 3.8) is 0 Å². The number of nitrogens with one attached hydrogen (secondary N) is 2. The molecule has 2 aromatic carbocycles. The quantitative estimate of drug-likeness (QED) is 0.158. The number of para-hydroxylation sites is 1. The van der Waals surface area contributed by atoms with Gasteiger partial charge in [0.25, 0.3) is 0 Å². The third kappa shape index (κ3) is 7.45. The number of aromatic nitrogens is 7. The largest absolute Gasteiger partial charge is 0.378 e. The first-order valence-electron chi connectivity index (χ1n) is 15.4. The Morgan fingerprint density at radius 2 is 1.80 bits per heavy atom. The van der Waals surface area contributed by atoms with Crippen LogP contribution in [0.15, 0.2) is 48.8 Å². The number of nitrogens with zero attached hydrogens (tertiary/aromatic N) is 8. The Balaban J connectivity index is 1.06. The molecule has 1 aliphatic rings. The molecule has 0 aliphatic carbocycles. The molecule has 0 bridgehead atoms. The summed E-state index contributed by atoms with van der Waals surface area (Å²) in [4.78, 5) is 11.8. The highest BCUT2D eigenvalue weighted by atomic mass is 16.5. The van der Waals surface area contributed by atoms with Crippen LogP contribution in [0, 0.1) is 13.8 Å². The maximum absolute atomic E-state index is 5.61. The monoisotopic (exact) mass is 611 g/mol. The minimum Gasteiger partial charge on any atom is -0.378 e. The smallest absolute Gasteiger partial charge is 0.229 e. The van der Waals surface area contributed by atoms with Crippen molar-refractivity contribution in [3.8, 4) is 0 Å². The van der Waals surface area contributed by atoms with Gasteiger partial charge in [0.15, 0.2) is 11.5 Å². The molecule has 1 aliphatic heterocycles. The average molecular weight is 612 g/mol. The van der Waals surface area contributed by atoms with E-state index >= 15 is 0 Å². The first-order valence-corrected chi connectivity index (χ1v) is 15.4. The summed E-state index contributed by atoms with van der Waals surface area (Å²) < 4.78 is 14.5. The Labute approximate surface area is 262 Å². The second kappa shape index (κ2) is 14.1. The van der Waals surface area contributed by atoms with Crippen LogP contribution in [0.2, 0.25) is 0 Å². The maximum Gasteiger partial charge on any atom is 0.229 e. The highest BCUT2D eigenvalue weighted by Crippen LogP contribution is 2.29. The molecular formula is C32H41N11O2. The van der Waals surface area contributed by atoms with E-state index in [4.69, 9.17) is 25.3 Å². The Morgan fingerprint density at radius 1 is 0.978 bits per heavy atom. The number of benzene rings is 2. The fraction of sp³-hybridized carbons (Fsp3) is 0.406. The lowest BCUT2D eigenvalue weighted by Crippen LogP contribution is -2.30. The Hall–Kier alpha value is -4.43. The fourth-order valence-corrected chi connectivity index (χ4v) is 5.59. The molecule has 4 heterocycles. The number of hydrogen-bond donors (Lipinski definition) is 3. The number of hydrogen-bond acceptors (Lipinski definition) is 11. The van der Waals surface area contributed by atoms with Crippen LogP contribution >= 0.6 is 0 Å². The van der Waals surface area contributed by atoms with Crippen LogP contribution in [0.4, 0.5) is 23.1 Å². The highest BCUT2D eigenvalue weighted by Gasteiger charge is 2.19. The maximum atomic E-state index is 5.61. The summed E-state index contributed by atoms with van der Waals surface area (Å²) in [5.41, 5.74) is 14.1. The van der Waals surface area contributed by atoms with Crippen molar-refractivity contribution in [2.45, 2.75) is 39.9 Å². The molecule has 0 fully saturated rings. The molecule has 4 N–H and O–H groups in total. The Kier molecular flexibility index (Phi) is 9.60. The lowest BCUT2D eigenvalue weighted by Gasteiger charge is -2.28. The number of rotatable bonds is 14. The zero-order chi connectivity index (χ0) is 31.2. The van der Waals surface area contributed by atoms with E-state index in [1.54, 1.807) is 4.68 Å². The van der Waals surface area contributed by atoms with Gasteiger partial charge in [-0.3, -0.25) is 4.90 Å². The molecule has 0 atom stereocenters. The topological polar surface area (TPSA) is 146 Å². The predicted molar refractivity (Wildman–Crippen MR) is 174 cm³/mol. The van der Waals surface area contributed by atoms with Crippen LogP contribution in [0.1, 0.15) is 27.9 Å². The van der Waals surface area contributed by atoms with Crippen molar-refractivity contribution >= 4 is 34.2 Å². The number of fused-ring (bicyclic) bond motifs is 2. The SMILES string of the molecule is Cc1cccc(C)c1Nc1nn(C)c2nc(Nc3ccc4c(c3)CN(Cc3cn(CCOCCOCCN)nn3)CC4)ncc12. The standard InChI is InChI=1S/C32H41N11O2/c1-22-5-4-6-23(2)29(22)36-30-28-18-34-32(37-31(28)41(3)39-30)35-26-8-7-24-9-11-42(19-25(24)17-26)20-27-21-43(40-38-27)12-14-45-16-15-44-13-10-33/h4-8,17-18,21H,9-16,19-20,33H2,1-3H3,(H,36,39)(H,34,35,37). The van der Waals surface area contributed by atoms with E-state index in [0.29, 0.717) is 45.5 Å². The van der Waals surface area contributed by atoms with Gasteiger partial charge >= 0.3 is 0 Å². The molecule has 0 saturated heterocycles. The van der Waals surface area contributed by atoms with Crippen molar-refractivity contribution in [3.05, 3.63) is 76.7 Å². The molecule has 13 heteroatoms. The predicted octanol–water partition coefficient (Wildman–Crippen LogP) is 3.61. The normalized spacial score (nSPS) is 13.3. The number of ether oxygens (including phenoxy) is 2. The zero-order valence-electron chi connectivity index (χ0n) is 26.2. The minimum atomic E-state index is 0.523. The number of anilines is 4. The summed E-state index contributed by atoms with van der Waals surface area (Å²) in [5, 5.41) is 21.1. The van der Waals surface area contributed by atoms with Crippen LogP contribution in [-0.4, -0.2) is 79.2 Å². The zero-order valence-corrected chi connectivity index (χ0v) is 26.2. The summed E-state index contributed by atoms with van der Waals surface area (Å²) in [6.45, 7) is 10.1. The van der Waals surface area contributed by atoms with Gasteiger partial charge in [-0.25, -0.2) is 14.3 Å². The Morgan fingerprint density at radius 3 is 2.62 bits per heavy atom. The molecule has 0 spiro atoms. The molecule has 3 aromatic heterocycles. The third-order valence-electron chi connectivity index (χ3n) is 7.93. The van der Waals surface area contributed by atoms with Gasteiger partial charge in [0.05, 0.1) is 44.1 Å². The van der Waals surface area contributed by atoms with E-state index < -0.39 is 0 Å². The van der Waals surface area contributed by atoms with Gasteiger partial charge in [0.2, 0.25) is 5.95 Å². The van der Waals surface area contributed by atoms with Crippen molar-refractivity contribution in [1.29, 1.82) is 0 Å². The van der Waals surface area contributed by atoms with E-state index in [1.807, 2.05) is 24.1 Å². The van der Waals surface area contributed by atoms with E-state index in [9.17, 15) is 0 Å². The molecule has 0 radical (unpaired) electrons. The summed E-state index contributed by atoms with van der Waals surface area (Å²) in [7, 11) is 1.90. The number of aryl methyl sites for hydroxylation is 3. The van der Waals surface area contributed by atoms with Gasteiger partial charge < -0.3 is 25.8 Å². The van der Waals surface area contributed by atoms with Crippen LogP contribution < -0.4 is 16.4 Å². The summed E-state index contributed by atoms with van der Waals surface area (Å²) in [6.07, 6.45) is 4.80. The summed E-state index contributed by atoms with van der Waals surface area (Å²) in [6, 6.07) is 12.7. The van der Waals surface area contributed by atoms with Gasteiger partial charge in [-0.2, -0.15) is 10.1 Å². The molecule has 5 aromatic rings. The molecular weight excluding hydrogens is 570 g/mol. The fourth-order valence-electron chi connectivity index (χ4n) is 5.59. The van der Waals surface area contributed by atoms with Crippen LogP contribution in [-0.2, 0) is 42.6 Å². The van der Waals surface area contributed by atoms with E-state index in [-0.39, 0.29) is 0 Å². The number of nitrogens with two attached hydrogens (primary N) is 1. The summed E-state index contributed by atoms with van der Waals surface area (Å²) in [5.74, 6) is 1.27. The highest BCUT2D eigenvalue weighted by molar-refractivity contribution is 5.90. The second-order valence-electron chi connectivity index (χ2n) is 11.4. The Bertz CT molecular complexity index is 1730. The summed E-state index contributed by atoms with van der Waals surface area (Å²) >= 11 is 0. The lowest BCUT2D eigenvalue weighted by atomic mass is 9.99. The van der Waals surface area contributed by atoms with E-state index in [0.717, 1.165) is 71.1 Å². The van der Waals surface area contributed by atoms with E-state index in [2.05, 4.69) is 81.1 Å². The van der Waals surface area contributed by atoms with Crippen LogP contribution in [0.5, 0.6) is 0 Å². The minimum absolute atomic E-state index is 0.523. The van der Waals surface area contributed by atoms with Gasteiger partial charge in [0, 0.05) is 57.0 Å². The van der Waals surface area contributed by atoms with Crippen LogP contribution in [0.3, 0.4) is 0 Å². The molecule has 0 saturated carbocycles. The average Bonchev–Trinajstić information content (AvgIpc) is 3.61. The van der Waals surface area contributed by atoms with Gasteiger partial charge in [0.1, 0.15) is 0 Å². The van der Waals surface area contributed by atoms with E-state index in [1.165, 1.54) is 11.1 Å². The molecule has 0 unspecified atom stereocenters. The van der Waals surface area contributed by atoms with Crippen molar-refractivity contribution in [2.24, 2.45) is 12.8 Å². The van der Waals surface area contributed by atoms with Gasteiger partial charge in [-0.15, -0.1) is 5.10 Å². The molecule has 6 rings (SSSR count). The molecule has 0 amide bonds. The molecule has 236 valence electrons. The van der Waals surface area contributed by atoms with Crippen molar-refractivity contribution in [1.82, 2.24) is 39.6 Å². The third-order valence-corrected chi connectivity index (χ3v) is 7.93.